The lowest BCUT2D eigenvalue weighted by molar-refractivity contribution is 0.0988. The molecule has 1 aromatic carbocycles. The van der Waals surface area contributed by atoms with Crippen molar-refractivity contribution in [2.45, 2.75) is 6.42 Å². The Kier molecular flexibility index (Phi) is 4.93. The topological polar surface area (TPSA) is 44.1 Å². The Hall–Kier alpha value is -1.39. The molecule has 2 rings (SSSR count). The molecule has 0 aliphatic rings. The van der Waals surface area contributed by atoms with Crippen LogP contribution in [-0.2, 0) is 0 Å². The molecule has 2 aromatic rings. The number of carbonyl (C=O) groups is 1. The van der Waals surface area contributed by atoms with Gasteiger partial charge in [0.2, 0.25) is 0 Å². The summed E-state index contributed by atoms with van der Waals surface area (Å²) in [7, 11) is 0. The molecule has 19 heavy (non-hydrogen) atoms. The zero-order chi connectivity index (χ0) is 13.7. The van der Waals surface area contributed by atoms with Crippen LogP contribution in [0.25, 0.3) is 0 Å². The van der Waals surface area contributed by atoms with Gasteiger partial charge in [-0.1, -0.05) is 18.2 Å². The summed E-state index contributed by atoms with van der Waals surface area (Å²) in [5, 5.41) is 10.6. The maximum Gasteiger partial charge on any atom is 0.259 e. The van der Waals surface area contributed by atoms with Gasteiger partial charge >= 0.3 is 0 Å². The third kappa shape index (κ3) is 3.55. The van der Waals surface area contributed by atoms with Crippen LogP contribution < -0.4 is 4.90 Å². The normalized spacial score (nSPS) is 9.89. The Balaban J connectivity index is 2.28. The van der Waals surface area contributed by atoms with Crippen LogP contribution in [-0.4, -0.2) is 12.5 Å². The number of halogens is 1. The third-order valence-electron chi connectivity index (χ3n) is 2.57. The first-order valence-corrected chi connectivity index (χ1v) is 7.66. The molecular formula is C14H11IN2OS. The maximum absolute atomic E-state index is 12.5. The summed E-state index contributed by atoms with van der Waals surface area (Å²) in [6.45, 7) is 0.409. The Bertz CT molecular complexity index is 603. The van der Waals surface area contributed by atoms with Crippen LogP contribution in [0, 0.1) is 14.2 Å². The van der Waals surface area contributed by atoms with E-state index >= 15 is 0 Å². The SMILES string of the molecule is N#CCCN(C(=O)c1csc(I)c1)c1ccccc1. The maximum atomic E-state index is 12.5. The van der Waals surface area contributed by atoms with Crippen molar-refractivity contribution in [3.63, 3.8) is 0 Å². The van der Waals surface area contributed by atoms with Crippen LogP contribution in [0.2, 0.25) is 0 Å². The predicted octanol–water partition coefficient (Wildman–Crippen LogP) is 3.91. The Morgan fingerprint density at radius 1 is 1.37 bits per heavy atom. The largest absolute Gasteiger partial charge is 0.307 e. The molecule has 0 saturated heterocycles. The first kappa shape index (κ1) is 14.0. The molecule has 0 unspecified atom stereocenters. The van der Waals surface area contributed by atoms with E-state index in [2.05, 4.69) is 28.7 Å². The van der Waals surface area contributed by atoms with Gasteiger partial charge in [0.25, 0.3) is 5.91 Å². The van der Waals surface area contributed by atoms with Gasteiger partial charge in [0.05, 0.1) is 20.9 Å². The van der Waals surface area contributed by atoms with E-state index in [1.54, 1.807) is 16.2 Å². The van der Waals surface area contributed by atoms with Crippen LogP contribution in [0.4, 0.5) is 5.69 Å². The lowest BCUT2D eigenvalue weighted by Gasteiger charge is -2.21. The predicted molar refractivity (Wildman–Crippen MR) is 85.4 cm³/mol. The van der Waals surface area contributed by atoms with Gasteiger partial charge in [0.15, 0.2) is 0 Å². The van der Waals surface area contributed by atoms with Gasteiger partial charge in [-0.05, 0) is 40.8 Å². The second-order valence-corrected chi connectivity index (χ2v) is 6.65. The van der Waals surface area contributed by atoms with Gasteiger partial charge in [0.1, 0.15) is 0 Å². The summed E-state index contributed by atoms with van der Waals surface area (Å²) in [4.78, 5) is 14.1. The van der Waals surface area contributed by atoms with Crippen molar-refractivity contribution in [1.82, 2.24) is 0 Å². The summed E-state index contributed by atoms with van der Waals surface area (Å²) < 4.78 is 1.08. The quantitative estimate of drug-likeness (QED) is 0.753. The van der Waals surface area contributed by atoms with Gasteiger partial charge < -0.3 is 4.90 Å². The number of carbonyl (C=O) groups excluding carboxylic acids is 1. The fourth-order valence-corrected chi connectivity index (χ4v) is 3.02. The summed E-state index contributed by atoms with van der Waals surface area (Å²) >= 11 is 3.74. The Morgan fingerprint density at radius 2 is 2.11 bits per heavy atom. The Morgan fingerprint density at radius 3 is 2.68 bits per heavy atom. The molecular weight excluding hydrogens is 371 g/mol. The molecule has 0 bridgehead atoms. The number of amides is 1. The van der Waals surface area contributed by atoms with E-state index in [1.807, 2.05) is 41.8 Å². The average Bonchev–Trinajstić information content (AvgIpc) is 2.87. The van der Waals surface area contributed by atoms with Crippen molar-refractivity contribution in [2.75, 3.05) is 11.4 Å². The average molecular weight is 382 g/mol. The number of para-hydroxylation sites is 1. The van der Waals surface area contributed by atoms with Crippen LogP contribution in [0.15, 0.2) is 41.8 Å². The number of rotatable bonds is 4. The fourth-order valence-electron chi connectivity index (χ4n) is 1.70. The van der Waals surface area contributed by atoms with Crippen LogP contribution >= 0.6 is 33.9 Å². The molecule has 0 aliphatic heterocycles. The van der Waals surface area contributed by atoms with Gasteiger partial charge in [-0.3, -0.25) is 4.79 Å². The molecule has 0 N–H and O–H groups in total. The summed E-state index contributed by atoms with van der Waals surface area (Å²) in [6.07, 6.45) is 0.321. The second kappa shape index (κ2) is 6.68. The highest BCUT2D eigenvalue weighted by atomic mass is 127. The molecule has 1 aromatic heterocycles. The minimum absolute atomic E-state index is 0.0550. The highest BCUT2D eigenvalue weighted by Gasteiger charge is 2.18. The van der Waals surface area contributed by atoms with Crippen molar-refractivity contribution in [2.24, 2.45) is 0 Å². The molecule has 0 saturated carbocycles. The molecule has 0 radical (unpaired) electrons. The molecule has 5 heteroatoms. The highest BCUT2D eigenvalue weighted by molar-refractivity contribution is 14.1. The number of thiophene rings is 1. The van der Waals surface area contributed by atoms with E-state index in [1.165, 1.54) is 0 Å². The molecule has 0 spiro atoms. The summed E-state index contributed by atoms with van der Waals surface area (Å²) in [6, 6.07) is 13.4. The van der Waals surface area contributed by atoms with Gasteiger partial charge in [-0.25, -0.2) is 0 Å². The number of nitriles is 1. The molecule has 0 fully saturated rings. The molecule has 96 valence electrons. The number of hydrogen-bond acceptors (Lipinski definition) is 3. The Labute approximate surface area is 129 Å². The van der Waals surface area contributed by atoms with Crippen LogP contribution in [0.1, 0.15) is 16.8 Å². The smallest absolute Gasteiger partial charge is 0.259 e. The third-order valence-corrected chi connectivity index (χ3v) is 4.36. The number of anilines is 1. The number of benzene rings is 1. The van der Waals surface area contributed by atoms with Gasteiger partial charge in [0, 0.05) is 17.6 Å². The van der Waals surface area contributed by atoms with E-state index in [4.69, 9.17) is 5.26 Å². The van der Waals surface area contributed by atoms with Crippen molar-refractivity contribution in [1.29, 1.82) is 5.26 Å². The molecule has 0 aliphatic carbocycles. The first-order chi connectivity index (χ1) is 9.22. The van der Waals surface area contributed by atoms with Crippen molar-refractivity contribution >= 4 is 45.5 Å². The van der Waals surface area contributed by atoms with E-state index < -0.39 is 0 Å². The standard InChI is InChI=1S/C14H11IN2OS/c15-13-9-11(10-19-13)14(18)17(8-4-7-16)12-5-2-1-3-6-12/h1-3,5-6,9-10H,4,8H2. The van der Waals surface area contributed by atoms with E-state index in [9.17, 15) is 4.79 Å². The number of nitrogens with zero attached hydrogens (tertiary/aromatic N) is 2. The monoisotopic (exact) mass is 382 g/mol. The number of hydrogen-bond donors (Lipinski definition) is 0. The second-order valence-electron chi connectivity index (χ2n) is 3.84. The lowest BCUT2D eigenvalue weighted by Crippen LogP contribution is -2.31. The first-order valence-electron chi connectivity index (χ1n) is 5.70. The van der Waals surface area contributed by atoms with E-state index in [0.29, 0.717) is 18.5 Å². The molecule has 1 amide bonds. The van der Waals surface area contributed by atoms with Crippen molar-refractivity contribution in [3.8, 4) is 6.07 Å². The lowest BCUT2D eigenvalue weighted by atomic mass is 10.2. The summed E-state index contributed by atoms with van der Waals surface area (Å²) in [5.41, 5.74) is 1.50. The van der Waals surface area contributed by atoms with E-state index in [-0.39, 0.29) is 5.91 Å². The fraction of sp³-hybridized carbons (Fsp3) is 0.143. The minimum atomic E-state index is -0.0550. The van der Waals surface area contributed by atoms with Crippen molar-refractivity contribution < 1.29 is 4.79 Å². The molecule has 1 heterocycles. The highest BCUT2D eigenvalue weighted by Crippen LogP contribution is 2.21. The minimum Gasteiger partial charge on any atom is -0.307 e. The van der Waals surface area contributed by atoms with E-state index in [0.717, 1.165) is 8.57 Å². The van der Waals surface area contributed by atoms with Crippen LogP contribution in [0.3, 0.4) is 0 Å². The van der Waals surface area contributed by atoms with Gasteiger partial charge in [-0.2, -0.15) is 5.26 Å². The zero-order valence-corrected chi connectivity index (χ0v) is 13.0. The zero-order valence-electron chi connectivity index (χ0n) is 10.0. The summed E-state index contributed by atoms with van der Waals surface area (Å²) in [5.74, 6) is -0.0550. The van der Waals surface area contributed by atoms with Crippen LogP contribution in [0.5, 0.6) is 0 Å². The molecule has 0 atom stereocenters. The van der Waals surface area contributed by atoms with Crippen molar-refractivity contribution in [3.05, 3.63) is 50.2 Å². The molecule has 3 nitrogen and oxygen atoms in total. The van der Waals surface area contributed by atoms with Gasteiger partial charge in [-0.15, -0.1) is 11.3 Å².